The van der Waals surface area contributed by atoms with E-state index in [9.17, 15) is 0 Å². The molecule has 15 heavy (non-hydrogen) atoms. The molecule has 0 aliphatic carbocycles. The molecular weight excluding hydrogens is 198 g/mol. The first-order valence-corrected chi connectivity index (χ1v) is 5.34. The Morgan fingerprint density at radius 3 is 2.40 bits per heavy atom. The maximum absolute atomic E-state index is 8.92. The highest BCUT2D eigenvalue weighted by atomic mass is 16.3. The molecule has 1 unspecified atom stereocenters. The Morgan fingerprint density at radius 2 is 1.80 bits per heavy atom. The van der Waals surface area contributed by atoms with Gasteiger partial charge in [-0.2, -0.15) is 0 Å². The number of hydrogen-bond donors (Lipinski definition) is 4. The van der Waals surface area contributed by atoms with Crippen LogP contribution in [0.2, 0.25) is 0 Å². The second-order valence-electron chi connectivity index (χ2n) is 3.69. The van der Waals surface area contributed by atoms with Crippen molar-refractivity contribution in [3.63, 3.8) is 0 Å². The summed E-state index contributed by atoms with van der Waals surface area (Å²) in [6.45, 7) is 3.03. The molecule has 6 nitrogen and oxygen atoms in total. The van der Waals surface area contributed by atoms with Crippen LogP contribution in [0.15, 0.2) is 0 Å². The Bertz CT molecular complexity index is 171. The van der Waals surface area contributed by atoms with E-state index in [0.717, 1.165) is 6.67 Å². The summed E-state index contributed by atoms with van der Waals surface area (Å²) < 4.78 is 0. The fraction of sp³-hybridized carbons (Fsp3) is 1.00. The Hall–Kier alpha value is -0.240. The number of β-amino-alcohol motifs (C(OH)–C–C–N with tert-alkyl or cyclic N) is 2. The van der Waals surface area contributed by atoms with Crippen LogP contribution >= 0.6 is 0 Å². The zero-order chi connectivity index (χ0) is 11.1. The van der Waals surface area contributed by atoms with Crippen LogP contribution in [0.3, 0.4) is 0 Å². The van der Waals surface area contributed by atoms with E-state index in [1.807, 2.05) is 0 Å². The van der Waals surface area contributed by atoms with Gasteiger partial charge in [-0.15, -0.1) is 0 Å². The Balaban J connectivity index is 2.41. The van der Waals surface area contributed by atoms with Gasteiger partial charge in [-0.05, 0) is 6.42 Å². The van der Waals surface area contributed by atoms with Crippen molar-refractivity contribution >= 4 is 0 Å². The molecule has 6 heteroatoms. The average molecular weight is 219 g/mol. The maximum atomic E-state index is 8.92. The van der Waals surface area contributed by atoms with Crippen LogP contribution in [-0.4, -0.2) is 77.5 Å². The van der Waals surface area contributed by atoms with Gasteiger partial charge < -0.3 is 15.3 Å². The molecule has 0 bridgehead atoms. The monoisotopic (exact) mass is 219 g/mol. The van der Waals surface area contributed by atoms with Gasteiger partial charge >= 0.3 is 0 Å². The molecule has 1 heterocycles. The molecule has 0 aromatic heterocycles. The number of aliphatic hydroxyl groups is 3. The average Bonchev–Trinajstić information content (AvgIpc) is 2.23. The van der Waals surface area contributed by atoms with Crippen molar-refractivity contribution in [2.45, 2.75) is 12.6 Å². The van der Waals surface area contributed by atoms with Crippen LogP contribution in [0.1, 0.15) is 6.42 Å². The van der Waals surface area contributed by atoms with Gasteiger partial charge in [-0.25, -0.2) is 0 Å². The minimum atomic E-state index is 0.108. The minimum Gasteiger partial charge on any atom is -0.396 e. The van der Waals surface area contributed by atoms with E-state index >= 15 is 0 Å². The number of aliphatic hydroxyl groups excluding tert-OH is 3. The Kier molecular flexibility index (Phi) is 6.07. The van der Waals surface area contributed by atoms with Gasteiger partial charge in [-0.1, -0.05) is 0 Å². The zero-order valence-electron chi connectivity index (χ0n) is 8.97. The highest BCUT2D eigenvalue weighted by Gasteiger charge is 2.24. The molecule has 0 spiro atoms. The predicted molar refractivity (Wildman–Crippen MR) is 55.9 cm³/mol. The quantitative estimate of drug-likeness (QED) is 0.406. The van der Waals surface area contributed by atoms with Gasteiger partial charge in [0.2, 0.25) is 0 Å². The van der Waals surface area contributed by atoms with E-state index in [4.69, 9.17) is 15.3 Å². The van der Waals surface area contributed by atoms with Crippen LogP contribution < -0.4 is 5.32 Å². The molecule has 1 saturated heterocycles. The van der Waals surface area contributed by atoms with Crippen molar-refractivity contribution in [1.29, 1.82) is 0 Å². The first kappa shape index (κ1) is 12.8. The summed E-state index contributed by atoms with van der Waals surface area (Å²) in [4.78, 5) is 4.12. The third kappa shape index (κ3) is 4.02. The Morgan fingerprint density at radius 1 is 1.07 bits per heavy atom. The van der Waals surface area contributed by atoms with Crippen molar-refractivity contribution < 1.29 is 15.3 Å². The lowest BCUT2D eigenvalue weighted by Crippen LogP contribution is -2.60. The van der Waals surface area contributed by atoms with Crippen LogP contribution in [0.5, 0.6) is 0 Å². The molecule has 0 radical (unpaired) electrons. The second-order valence-corrected chi connectivity index (χ2v) is 3.69. The summed E-state index contributed by atoms with van der Waals surface area (Å²) in [5.74, 6) is 0. The van der Waals surface area contributed by atoms with E-state index in [1.54, 1.807) is 0 Å². The molecule has 0 saturated carbocycles. The van der Waals surface area contributed by atoms with E-state index in [-0.39, 0.29) is 26.0 Å². The van der Waals surface area contributed by atoms with Crippen molar-refractivity contribution in [1.82, 2.24) is 15.1 Å². The van der Waals surface area contributed by atoms with E-state index in [1.165, 1.54) is 0 Å². The topological polar surface area (TPSA) is 79.2 Å². The van der Waals surface area contributed by atoms with E-state index in [2.05, 4.69) is 15.1 Å². The van der Waals surface area contributed by atoms with Gasteiger partial charge in [0.25, 0.3) is 0 Å². The zero-order valence-corrected chi connectivity index (χ0v) is 8.97. The van der Waals surface area contributed by atoms with Gasteiger partial charge in [0.1, 0.15) is 0 Å². The van der Waals surface area contributed by atoms with Gasteiger partial charge in [0.15, 0.2) is 0 Å². The smallest absolute Gasteiger partial charge is 0.0641 e. The SMILES string of the molecule is OCCC1NCN(CCO)CN1CCO. The van der Waals surface area contributed by atoms with Crippen LogP contribution in [0.4, 0.5) is 0 Å². The van der Waals surface area contributed by atoms with Crippen molar-refractivity contribution in [2.24, 2.45) is 0 Å². The minimum absolute atomic E-state index is 0.108. The molecule has 1 fully saturated rings. The molecule has 1 atom stereocenters. The van der Waals surface area contributed by atoms with Gasteiger partial charge in [-0.3, -0.25) is 15.1 Å². The molecule has 4 N–H and O–H groups in total. The first-order valence-electron chi connectivity index (χ1n) is 5.34. The third-order valence-electron chi connectivity index (χ3n) is 2.58. The molecule has 0 aromatic carbocycles. The van der Waals surface area contributed by atoms with Gasteiger partial charge in [0.05, 0.1) is 32.7 Å². The lowest BCUT2D eigenvalue weighted by atomic mass is 10.3. The van der Waals surface area contributed by atoms with E-state index < -0.39 is 0 Å². The summed E-state index contributed by atoms with van der Waals surface area (Å²) in [6.07, 6.45) is 0.782. The van der Waals surface area contributed by atoms with Crippen LogP contribution in [-0.2, 0) is 0 Å². The highest BCUT2D eigenvalue weighted by molar-refractivity contribution is 4.75. The van der Waals surface area contributed by atoms with E-state index in [0.29, 0.717) is 26.2 Å². The fourth-order valence-electron chi connectivity index (χ4n) is 1.82. The largest absolute Gasteiger partial charge is 0.396 e. The highest BCUT2D eigenvalue weighted by Crippen LogP contribution is 2.07. The first-order chi connectivity index (χ1) is 7.31. The molecule has 1 aliphatic heterocycles. The standard InChI is InChI=1S/C9H21N3O3/c13-4-1-9-10-7-11(2-5-14)8-12(9)3-6-15/h9-10,13-15H,1-8H2. The molecule has 90 valence electrons. The molecule has 0 amide bonds. The van der Waals surface area contributed by atoms with Crippen molar-refractivity contribution in [3.05, 3.63) is 0 Å². The molecule has 1 rings (SSSR count). The summed E-state index contributed by atoms with van der Waals surface area (Å²) in [5, 5.41) is 29.9. The molecule has 0 aromatic rings. The summed E-state index contributed by atoms with van der Waals surface area (Å²) >= 11 is 0. The van der Waals surface area contributed by atoms with Gasteiger partial charge in [0, 0.05) is 19.7 Å². The number of hydrogen-bond acceptors (Lipinski definition) is 6. The third-order valence-corrected chi connectivity index (χ3v) is 2.58. The van der Waals surface area contributed by atoms with Crippen molar-refractivity contribution in [2.75, 3.05) is 46.2 Å². The summed E-state index contributed by atoms with van der Waals surface area (Å²) in [7, 11) is 0. The lowest BCUT2D eigenvalue weighted by molar-refractivity contribution is -0.00939. The summed E-state index contributed by atoms with van der Waals surface area (Å²) in [6, 6.07) is 0. The lowest BCUT2D eigenvalue weighted by Gasteiger charge is -2.41. The molecular formula is C9H21N3O3. The number of nitrogens with zero attached hydrogens (tertiary/aromatic N) is 2. The summed E-state index contributed by atoms with van der Waals surface area (Å²) in [5.41, 5.74) is 0. The Labute approximate surface area is 90.1 Å². The van der Waals surface area contributed by atoms with Crippen LogP contribution in [0.25, 0.3) is 0 Å². The maximum Gasteiger partial charge on any atom is 0.0641 e. The van der Waals surface area contributed by atoms with Crippen molar-refractivity contribution in [3.8, 4) is 0 Å². The number of rotatable bonds is 6. The molecule has 1 aliphatic rings. The predicted octanol–water partition coefficient (Wildman–Crippen LogP) is -2.20. The second kappa shape index (κ2) is 7.10. The van der Waals surface area contributed by atoms with Crippen LogP contribution in [0, 0.1) is 0 Å². The normalized spacial score (nSPS) is 24.6. The fourth-order valence-corrected chi connectivity index (χ4v) is 1.82. The number of nitrogens with one attached hydrogen (secondary N) is 1.